The fourth-order valence-corrected chi connectivity index (χ4v) is 3.69. The zero-order chi connectivity index (χ0) is 16.6. The summed E-state index contributed by atoms with van der Waals surface area (Å²) in [6.45, 7) is 0. The molecule has 0 atom stereocenters. The number of pyridine rings is 1. The summed E-state index contributed by atoms with van der Waals surface area (Å²) in [4.78, 5) is 16.3. The minimum atomic E-state index is -3.91. The van der Waals surface area contributed by atoms with Crippen molar-refractivity contribution in [3.8, 4) is 0 Å². The van der Waals surface area contributed by atoms with E-state index in [4.69, 9.17) is 0 Å². The third-order valence-electron chi connectivity index (χ3n) is 3.44. The monoisotopic (exact) mass is 395 g/mol. The molecule has 2 N–H and O–H groups in total. The molecule has 0 aliphatic carbocycles. The van der Waals surface area contributed by atoms with Crippen LogP contribution >= 0.6 is 0 Å². The van der Waals surface area contributed by atoms with Crippen molar-refractivity contribution in [3.63, 3.8) is 0 Å². The predicted octanol–water partition coefficient (Wildman–Crippen LogP) is 1.58. The molecule has 120 valence electrons. The van der Waals surface area contributed by atoms with Gasteiger partial charge in [0.15, 0.2) is 11.5 Å². The Balaban J connectivity index is 0.00000208. The van der Waals surface area contributed by atoms with Crippen LogP contribution in [0, 0.1) is 0 Å². The fraction of sp³-hybridized carbons (Fsp3) is 0.0667. The summed E-state index contributed by atoms with van der Waals surface area (Å²) in [5, 5.41) is 12.8. The average molecular weight is 397 g/mol. The maximum absolute atomic E-state index is 12.5. The van der Waals surface area contributed by atoms with Gasteiger partial charge in [0.25, 0.3) is 15.9 Å². The van der Waals surface area contributed by atoms with E-state index in [2.05, 4.69) is 10.3 Å². The van der Waals surface area contributed by atoms with Crippen LogP contribution in [0.15, 0.2) is 59.3 Å². The van der Waals surface area contributed by atoms with Crippen molar-refractivity contribution in [1.82, 2.24) is 9.29 Å². The third kappa shape index (κ3) is 2.92. The molecule has 1 amide bonds. The Hall–Kier alpha value is -2.25. The van der Waals surface area contributed by atoms with E-state index in [1.807, 2.05) is 0 Å². The third-order valence-corrected chi connectivity index (χ3v) is 5.26. The molecule has 0 saturated carbocycles. The van der Waals surface area contributed by atoms with E-state index in [1.54, 1.807) is 30.3 Å². The number of anilines is 1. The van der Waals surface area contributed by atoms with Crippen molar-refractivity contribution in [1.29, 1.82) is 0 Å². The number of hydrogen-bond acceptors (Lipinski definition) is 5. The van der Waals surface area contributed by atoms with Gasteiger partial charge in [0.2, 0.25) is 0 Å². The first-order chi connectivity index (χ1) is 10.9. The number of benzene rings is 1. The predicted molar refractivity (Wildman–Crippen MR) is 83.8 cm³/mol. The summed E-state index contributed by atoms with van der Waals surface area (Å²) in [6, 6.07) is 10.9. The van der Waals surface area contributed by atoms with Gasteiger partial charge in [0.1, 0.15) is 5.82 Å². The maximum atomic E-state index is 12.5. The number of carbonyl (C=O) groups is 1. The second-order valence-corrected chi connectivity index (χ2v) is 6.77. The smallest absolute Gasteiger partial charge is 0.277 e. The molecule has 0 unspecified atom stereocenters. The van der Waals surface area contributed by atoms with Crippen LogP contribution in [0.5, 0.6) is 0 Å². The number of amides is 1. The topological polar surface area (TPSA) is 99.6 Å². The van der Waals surface area contributed by atoms with Gasteiger partial charge in [-0.3, -0.25) is 9.10 Å². The van der Waals surface area contributed by atoms with Crippen LogP contribution in [-0.4, -0.2) is 35.8 Å². The van der Waals surface area contributed by atoms with E-state index in [1.165, 1.54) is 25.4 Å². The van der Waals surface area contributed by atoms with Gasteiger partial charge in [-0.25, -0.2) is 13.4 Å². The molecule has 0 saturated heterocycles. The summed E-state index contributed by atoms with van der Waals surface area (Å²) in [5.41, 5.74) is -0.258. The van der Waals surface area contributed by atoms with E-state index in [9.17, 15) is 18.3 Å². The van der Waals surface area contributed by atoms with Crippen molar-refractivity contribution in [3.05, 3.63) is 59.9 Å². The molecule has 1 aliphatic heterocycles. The molecular formula is C15H13N3O4SZn. The summed E-state index contributed by atoms with van der Waals surface area (Å²) in [5.74, 6) is -0.907. The summed E-state index contributed by atoms with van der Waals surface area (Å²) < 4.78 is 25.8. The Labute approximate surface area is 151 Å². The van der Waals surface area contributed by atoms with Crippen LogP contribution in [0.3, 0.4) is 0 Å². The molecule has 1 aromatic heterocycles. The standard InChI is InChI=1S/C15H13N3O4S.Zn/c1-18-13(15(20)17-12-8-4-5-9-16-12)14(19)10-6-2-3-7-11(10)23(18,21)22;/h2-9,19H,1H3,(H,16,17,20);. The molecule has 0 fully saturated rings. The van der Waals surface area contributed by atoms with E-state index in [0.717, 1.165) is 4.31 Å². The fourth-order valence-electron chi connectivity index (χ4n) is 2.29. The molecule has 24 heavy (non-hydrogen) atoms. The van der Waals surface area contributed by atoms with Crippen LogP contribution in [0.2, 0.25) is 0 Å². The normalized spacial score (nSPS) is 15.3. The Morgan fingerprint density at radius 1 is 1.17 bits per heavy atom. The van der Waals surface area contributed by atoms with Crippen molar-refractivity contribution in [2.24, 2.45) is 0 Å². The van der Waals surface area contributed by atoms with Crippen LogP contribution in [0.1, 0.15) is 5.56 Å². The van der Waals surface area contributed by atoms with Crippen LogP contribution in [-0.2, 0) is 34.3 Å². The molecule has 0 spiro atoms. The molecule has 7 nitrogen and oxygen atoms in total. The van der Waals surface area contributed by atoms with Gasteiger partial charge in [0.05, 0.1) is 4.90 Å². The van der Waals surface area contributed by atoms with Crippen molar-refractivity contribution in [2.45, 2.75) is 4.90 Å². The minimum absolute atomic E-state index is 0. The van der Waals surface area contributed by atoms with E-state index >= 15 is 0 Å². The summed E-state index contributed by atoms with van der Waals surface area (Å²) in [6.07, 6.45) is 1.49. The number of sulfonamides is 1. The minimum Gasteiger partial charge on any atom is -0.505 e. The van der Waals surface area contributed by atoms with Crippen molar-refractivity contribution in [2.75, 3.05) is 12.4 Å². The Bertz CT molecular complexity index is 913. The molecule has 1 aromatic carbocycles. The first-order valence-electron chi connectivity index (χ1n) is 6.67. The average Bonchev–Trinajstić information content (AvgIpc) is 2.54. The molecule has 2 aromatic rings. The number of fused-ring (bicyclic) bond motifs is 1. The molecule has 0 radical (unpaired) electrons. The van der Waals surface area contributed by atoms with E-state index in [0.29, 0.717) is 0 Å². The number of aliphatic hydroxyl groups excluding tert-OH is 1. The molecule has 0 bridgehead atoms. The summed E-state index contributed by atoms with van der Waals surface area (Å²) in [7, 11) is -2.69. The SMILES string of the molecule is CN1C(C(=O)Nc2ccccn2)=C(O)c2ccccc2S1(=O)=O.[Zn]. The van der Waals surface area contributed by atoms with Crippen molar-refractivity contribution >= 4 is 27.5 Å². The van der Waals surface area contributed by atoms with Crippen LogP contribution in [0.25, 0.3) is 5.76 Å². The molecule has 3 rings (SSSR count). The zero-order valence-corrected chi connectivity index (χ0v) is 16.6. The number of likely N-dealkylation sites (N-methyl/N-ethyl adjacent to an activating group) is 1. The Morgan fingerprint density at radius 2 is 1.83 bits per heavy atom. The van der Waals surface area contributed by atoms with Gasteiger partial charge in [0, 0.05) is 38.3 Å². The van der Waals surface area contributed by atoms with Gasteiger partial charge in [-0.15, -0.1) is 0 Å². The number of rotatable bonds is 2. The molecule has 9 heteroatoms. The Morgan fingerprint density at radius 3 is 2.50 bits per heavy atom. The number of aliphatic hydroxyl groups is 1. The van der Waals surface area contributed by atoms with E-state index in [-0.39, 0.29) is 41.5 Å². The second kappa shape index (κ2) is 6.70. The number of hydrogen-bond donors (Lipinski definition) is 2. The van der Waals surface area contributed by atoms with Gasteiger partial charge in [-0.2, -0.15) is 0 Å². The van der Waals surface area contributed by atoms with Gasteiger partial charge in [-0.05, 0) is 24.3 Å². The number of aromatic nitrogens is 1. The second-order valence-electron chi connectivity index (χ2n) is 4.84. The Kier molecular flexibility index (Phi) is 5.06. The quantitative estimate of drug-likeness (QED) is 0.751. The van der Waals surface area contributed by atoms with Crippen LogP contribution in [0.4, 0.5) is 5.82 Å². The number of carbonyl (C=O) groups excluding carboxylic acids is 1. The summed E-state index contributed by atoms with van der Waals surface area (Å²) >= 11 is 0. The van der Waals surface area contributed by atoms with Gasteiger partial charge < -0.3 is 10.4 Å². The number of nitrogens with one attached hydrogen (secondary N) is 1. The molecular weight excluding hydrogens is 384 g/mol. The van der Waals surface area contributed by atoms with Gasteiger partial charge >= 0.3 is 0 Å². The van der Waals surface area contributed by atoms with Gasteiger partial charge in [-0.1, -0.05) is 18.2 Å². The molecule has 2 heterocycles. The maximum Gasteiger partial charge on any atom is 0.277 e. The van der Waals surface area contributed by atoms with E-state index < -0.39 is 21.7 Å². The largest absolute Gasteiger partial charge is 0.505 e. The first-order valence-corrected chi connectivity index (χ1v) is 8.11. The first kappa shape index (κ1) is 18.1. The zero-order valence-electron chi connectivity index (χ0n) is 12.8. The van der Waals surface area contributed by atoms with Crippen molar-refractivity contribution < 1.29 is 37.8 Å². The number of nitrogens with zero attached hydrogens (tertiary/aromatic N) is 2. The van der Waals surface area contributed by atoms with Crippen LogP contribution < -0.4 is 5.32 Å². The molecule has 1 aliphatic rings.